The number of aryl methyl sites for hydroxylation is 2. The number of carbonyl (C=O) groups is 2. The summed E-state index contributed by atoms with van der Waals surface area (Å²) in [4.78, 5) is 36.2. The van der Waals surface area contributed by atoms with Crippen LogP contribution in [0, 0.1) is 13.8 Å². The van der Waals surface area contributed by atoms with Gasteiger partial charge in [0, 0.05) is 54.3 Å². The van der Waals surface area contributed by atoms with Crippen molar-refractivity contribution in [1.82, 2.24) is 19.5 Å². The fourth-order valence-electron chi connectivity index (χ4n) is 7.80. The number of unbranched alkanes of at least 4 members (excludes halogenated alkanes) is 1. The monoisotopic (exact) mass is 804 g/mol. The summed E-state index contributed by atoms with van der Waals surface area (Å²) >= 11 is 13.4. The Morgan fingerprint density at radius 3 is 2.22 bits per heavy atom. The van der Waals surface area contributed by atoms with E-state index in [9.17, 15) is 18.0 Å². The largest absolute Gasteiger partial charge is 0.487 e. The number of rotatable bonds is 14. The first-order valence-electron chi connectivity index (χ1n) is 18.9. The number of halogens is 2. The smallest absolute Gasteiger partial charge is 0.281 e. The summed E-state index contributed by atoms with van der Waals surface area (Å²) in [5, 5.41) is 1.15. The first-order valence-corrected chi connectivity index (χ1v) is 21.2. The van der Waals surface area contributed by atoms with Gasteiger partial charge in [0.15, 0.2) is 6.04 Å². The maximum atomic E-state index is 14.3. The lowest BCUT2D eigenvalue weighted by atomic mass is 9.96. The second kappa shape index (κ2) is 16.6. The number of amides is 2. The molecule has 2 heterocycles. The molecule has 3 aromatic rings. The summed E-state index contributed by atoms with van der Waals surface area (Å²) in [6.45, 7) is 6.37. The van der Waals surface area contributed by atoms with E-state index in [4.69, 9.17) is 27.9 Å². The topological polar surface area (TPSA) is 109 Å². The van der Waals surface area contributed by atoms with Crippen molar-refractivity contribution in [2.45, 2.75) is 81.9 Å². The Morgan fingerprint density at radius 2 is 1.59 bits per heavy atom. The van der Waals surface area contributed by atoms with Crippen molar-refractivity contribution in [3.05, 3.63) is 63.3 Å². The average molecular weight is 806 g/mol. The number of carbonyl (C=O) groups excluding carboxylic acids is 2. The number of benzene rings is 2. The zero-order chi connectivity index (χ0) is 39.6. The molecule has 1 aliphatic heterocycles. The number of nitrogens with one attached hydrogen (secondary N) is 1. The van der Waals surface area contributed by atoms with Crippen LogP contribution in [0.2, 0.25) is 10.0 Å². The molecular formula is C40H58Cl2N6O5S+2. The summed E-state index contributed by atoms with van der Waals surface area (Å²) in [7, 11) is 8.43. The van der Waals surface area contributed by atoms with Crippen molar-refractivity contribution in [1.29, 1.82) is 0 Å². The quantitative estimate of drug-likeness (QED) is 0.160. The van der Waals surface area contributed by atoms with Crippen LogP contribution in [0.4, 0.5) is 0 Å². The average Bonchev–Trinajstić information content (AvgIpc) is 3.55. The molecule has 1 atom stereocenters. The zero-order valence-corrected chi connectivity index (χ0v) is 35.5. The number of hydrogen-bond acceptors (Lipinski definition) is 6. The van der Waals surface area contributed by atoms with Gasteiger partial charge in [-0.2, -0.15) is 4.72 Å². The third-order valence-electron chi connectivity index (χ3n) is 10.8. The minimum atomic E-state index is -4.28. The first kappa shape index (κ1) is 42.1. The molecule has 1 aromatic heterocycles. The number of aromatic nitrogens is 1. The van der Waals surface area contributed by atoms with Gasteiger partial charge >= 0.3 is 0 Å². The van der Waals surface area contributed by atoms with Crippen LogP contribution in [0.5, 0.6) is 5.75 Å². The summed E-state index contributed by atoms with van der Waals surface area (Å²) in [6, 6.07) is 10.3. The summed E-state index contributed by atoms with van der Waals surface area (Å²) in [5.74, 6) is 0.371. The van der Waals surface area contributed by atoms with Crippen LogP contribution in [0.15, 0.2) is 41.3 Å². The van der Waals surface area contributed by atoms with Gasteiger partial charge in [-0.05, 0) is 69.4 Å². The van der Waals surface area contributed by atoms with Gasteiger partial charge in [-0.25, -0.2) is 13.4 Å². The van der Waals surface area contributed by atoms with Crippen LogP contribution in [-0.4, -0.2) is 131 Å². The van der Waals surface area contributed by atoms with Gasteiger partial charge in [0.1, 0.15) is 28.3 Å². The molecule has 5 rings (SSSR count). The zero-order valence-electron chi connectivity index (χ0n) is 33.2. The van der Waals surface area contributed by atoms with Gasteiger partial charge in [-0.1, -0.05) is 48.2 Å². The Labute approximate surface area is 331 Å². The molecule has 2 fully saturated rings. The molecule has 0 spiro atoms. The molecule has 0 radical (unpaired) electrons. The number of nitrogens with zero attached hydrogens (tertiary/aromatic N) is 5. The number of sulfonamides is 1. The highest BCUT2D eigenvalue weighted by atomic mass is 35.5. The van der Waals surface area contributed by atoms with E-state index in [0.717, 1.165) is 46.9 Å². The van der Waals surface area contributed by atoms with Crippen LogP contribution in [0.1, 0.15) is 61.8 Å². The SMILES string of the molecule is Cc1cc(C)c2cccc(OCc3c(Cl)ccc(S(=O)(=O)NC4(C(=O)N5CCN(C(=O)[C@H](CCCC[N+](C)(C)C)[N+](C)(C)C)CC5)CCCC4)c3Cl)c2n1. The van der Waals surface area contributed by atoms with Gasteiger partial charge in [-0.15, -0.1) is 0 Å². The second-order valence-corrected chi connectivity index (χ2v) is 19.4. The molecule has 11 nitrogen and oxygen atoms in total. The highest BCUT2D eigenvalue weighted by Gasteiger charge is 2.48. The van der Waals surface area contributed by atoms with Crippen molar-refractivity contribution in [2.75, 3.05) is 75.0 Å². The highest BCUT2D eigenvalue weighted by Crippen LogP contribution is 2.37. The molecule has 0 bridgehead atoms. The van der Waals surface area contributed by atoms with Crippen LogP contribution in [-0.2, 0) is 26.2 Å². The summed E-state index contributed by atoms with van der Waals surface area (Å²) < 4.78 is 38.7. The number of pyridine rings is 1. The van der Waals surface area contributed by atoms with Crippen molar-refractivity contribution in [2.24, 2.45) is 0 Å². The van der Waals surface area contributed by atoms with Gasteiger partial charge < -0.3 is 23.5 Å². The lowest BCUT2D eigenvalue weighted by molar-refractivity contribution is -0.887. The third kappa shape index (κ3) is 9.68. The number of ether oxygens (including phenoxy) is 1. The van der Waals surface area contributed by atoms with Gasteiger partial charge in [0.05, 0.1) is 53.9 Å². The molecule has 2 amide bonds. The van der Waals surface area contributed by atoms with E-state index in [2.05, 4.69) is 52.0 Å². The first-order chi connectivity index (χ1) is 25.2. The van der Waals surface area contributed by atoms with E-state index in [1.165, 1.54) is 12.1 Å². The number of hydrogen-bond donors (Lipinski definition) is 1. The summed E-state index contributed by atoms with van der Waals surface area (Å²) in [5.41, 5.74) is 1.61. The van der Waals surface area contributed by atoms with E-state index >= 15 is 0 Å². The van der Waals surface area contributed by atoms with Crippen molar-refractivity contribution in [3.8, 4) is 5.75 Å². The van der Waals surface area contributed by atoms with Crippen LogP contribution in [0.3, 0.4) is 0 Å². The van der Waals surface area contributed by atoms with E-state index in [0.29, 0.717) is 73.2 Å². The Morgan fingerprint density at radius 1 is 0.944 bits per heavy atom. The van der Waals surface area contributed by atoms with E-state index in [-0.39, 0.29) is 39.4 Å². The normalized spacial score (nSPS) is 17.2. The summed E-state index contributed by atoms with van der Waals surface area (Å²) in [6.07, 6.45) is 4.97. The lowest BCUT2D eigenvalue weighted by Gasteiger charge is -2.42. The second-order valence-electron chi connectivity index (χ2n) is 17.0. The predicted molar refractivity (Wildman–Crippen MR) is 215 cm³/mol. The van der Waals surface area contributed by atoms with E-state index in [1.807, 2.05) is 36.9 Å². The van der Waals surface area contributed by atoms with Gasteiger partial charge in [-0.3, -0.25) is 9.59 Å². The number of quaternary nitrogens is 2. The molecule has 1 saturated heterocycles. The van der Waals surface area contributed by atoms with Crippen LogP contribution < -0.4 is 9.46 Å². The molecule has 296 valence electrons. The van der Waals surface area contributed by atoms with Crippen LogP contribution >= 0.6 is 23.2 Å². The number of fused-ring (bicyclic) bond motifs is 1. The number of likely N-dealkylation sites (N-methyl/N-ethyl adjacent to an activating group) is 1. The third-order valence-corrected chi connectivity index (χ3v) is 13.3. The minimum Gasteiger partial charge on any atom is -0.487 e. The highest BCUT2D eigenvalue weighted by molar-refractivity contribution is 7.89. The van der Waals surface area contributed by atoms with Crippen molar-refractivity contribution >= 4 is 55.9 Å². The maximum absolute atomic E-state index is 14.3. The lowest BCUT2D eigenvalue weighted by Crippen LogP contribution is -2.63. The molecule has 2 aromatic carbocycles. The van der Waals surface area contributed by atoms with Crippen molar-refractivity contribution in [3.63, 3.8) is 0 Å². The predicted octanol–water partition coefficient (Wildman–Crippen LogP) is 5.95. The fourth-order valence-corrected chi connectivity index (χ4v) is 10.1. The molecule has 1 saturated carbocycles. The molecule has 2 aliphatic rings. The Bertz CT molecular complexity index is 1960. The van der Waals surface area contributed by atoms with Crippen LogP contribution in [0.25, 0.3) is 10.9 Å². The van der Waals surface area contributed by atoms with E-state index in [1.54, 1.807) is 11.0 Å². The molecule has 0 unspecified atom stereocenters. The Balaban J connectivity index is 1.28. The molecule has 1 aliphatic carbocycles. The Kier molecular flexibility index (Phi) is 13.0. The molecule has 1 N–H and O–H groups in total. The van der Waals surface area contributed by atoms with E-state index < -0.39 is 15.6 Å². The molecular weight excluding hydrogens is 747 g/mol. The van der Waals surface area contributed by atoms with Gasteiger partial charge in [0.2, 0.25) is 15.9 Å². The Hall–Kier alpha value is -3.00. The fraction of sp³-hybridized carbons (Fsp3) is 0.575. The van der Waals surface area contributed by atoms with Gasteiger partial charge in [0.25, 0.3) is 5.91 Å². The standard InChI is InChI=1S/C40H58Cl2N6O5S/c1-28-26-29(2)43-37-30(28)14-13-16-34(37)53-27-31-32(41)17-18-35(36(31)42)54(51,52)44-40(19-10-11-20-40)39(50)46-23-21-45(22-24-46)38(49)33(48(6,7)8)15-9-12-25-47(3,4)5/h13-14,16-18,26,33,44H,9-12,15,19-25,27H2,1-8H3/q+2/t33-/m0/s1. The maximum Gasteiger partial charge on any atom is 0.281 e. The number of para-hydroxylation sites is 1. The number of piperazine rings is 1. The molecule has 14 heteroatoms. The minimum absolute atomic E-state index is 0.0624. The van der Waals surface area contributed by atoms with Crippen molar-refractivity contribution < 1.29 is 31.7 Å². The molecule has 54 heavy (non-hydrogen) atoms.